The minimum Gasteiger partial charge on any atom is -0.368 e. The number of piperidine rings is 1. The second kappa shape index (κ2) is 4.71. The van der Waals surface area contributed by atoms with Gasteiger partial charge in [0.05, 0.1) is 16.7 Å². The van der Waals surface area contributed by atoms with E-state index in [1.54, 1.807) is 0 Å². The van der Waals surface area contributed by atoms with Gasteiger partial charge in [0.1, 0.15) is 0 Å². The minimum atomic E-state index is -0.180. The second-order valence-electron chi connectivity index (χ2n) is 7.96. The van der Waals surface area contributed by atoms with Crippen molar-refractivity contribution in [2.24, 2.45) is 11.7 Å². The highest BCUT2D eigenvalue weighted by Gasteiger charge is 2.60. The lowest BCUT2D eigenvalue weighted by atomic mass is 9.74. The van der Waals surface area contributed by atoms with Crippen molar-refractivity contribution in [2.45, 2.75) is 83.6 Å². The minimum absolute atomic E-state index is 0.0178. The maximum absolute atomic E-state index is 6.35. The largest absolute Gasteiger partial charge is 0.368 e. The van der Waals surface area contributed by atoms with Crippen molar-refractivity contribution in [1.82, 2.24) is 4.90 Å². The van der Waals surface area contributed by atoms with Crippen LogP contribution in [0.3, 0.4) is 0 Å². The highest BCUT2D eigenvalue weighted by Crippen LogP contribution is 2.49. The van der Waals surface area contributed by atoms with Crippen molar-refractivity contribution in [3.63, 3.8) is 0 Å². The van der Waals surface area contributed by atoms with Crippen LogP contribution < -0.4 is 5.73 Å². The maximum Gasteiger partial charge on any atom is 0.0830 e. The molecular weight excluding hydrogens is 236 g/mol. The molecule has 2 saturated heterocycles. The summed E-state index contributed by atoms with van der Waals surface area (Å²) >= 11 is 0. The van der Waals surface area contributed by atoms with Crippen LogP contribution in [0.2, 0.25) is 0 Å². The summed E-state index contributed by atoms with van der Waals surface area (Å²) in [5, 5.41) is 0. The van der Waals surface area contributed by atoms with Crippen molar-refractivity contribution in [2.75, 3.05) is 13.1 Å². The number of nitrogens with two attached hydrogens (primary N) is 1. The molecule has 0 aliphatic carbocycles. The summed E-state index contributed by atoms with van der Waals surface area (Å²) < 4.78 is 6.35. The van der Waals surface area contributed by atoms with Gasteiger partial charge in [-0.2, -0.15) is 0 Å². The molecule has 3 unspecified atom stereocenters. The lowest BCUT2D eigenvalue weighted by Crippen LogP contribution is -2.67. The van der Waals surface area contributed by atoms with Crippen molar-refractivity contribution in [3.8, 4) is 0 Å². The number of ether oxygens (including phenoxy) is 1. The molecule has 19 heavy (non-hydrogen) atoms. The molecule has 112 valence electrons. The summed E-state index contributed by atoms with van der Waals surface area (Å²) in [6.07, 6.45) is 3.59. The van der Waals surface area contributed by atoms with E-state index >= 15 is 0 Å². The summed E-state index contributed by atoms with van der Waals surface area (Å²) in [7, 11) is 0. The summed E-state index contributed by atoms with van der Waals surface area (Å²) in [5.41, 5.74) is 6.00. The van der Waals surface area contributed by atoms with E-state index in [1.807, 2.05) is 0 Å². The van der Waals surface area contributed by atoms with Gasteiger partial charge in [-0.25, -0.2) is 0 Å². The zero-order chi connectivity index (χ0) is 14.5. The Morgan fingerprint density at radius 2 is 1.84 bits per heavy atom. The van der Waals surface area contributed by atoms with E-state index < -0.39 is 0 Å². The van der Waals surface area contributed by atoms with Crippen molar-refractivity contribution in [1.29, 1.82) is 0 Å². The lowest BCUT2D eigenvalue weighted by Gasteiger charge is -2.53. The Morgan fingerprint density at radius 1 is 1.21 bits per heavy atom. The van der Waals surface area contributed by atoms with E-state index in [0.29, 0.717) is 12.6 Å². The van der Waals surface area contributed by atoms with Crippen LogP contribution in [-0.4, -0.2) is 40.8 Å². The van der Waals surface area contributed by atoms with Gasteiger partial charge in [-0.3, -0.25) is 4.90 Å². The average Bonchev–Trinajstić information content (AvgIpc) is 2.43. The average molecular weight is 268 g/mol. The van der Waals surface area contributed by atoms with Gasteiger partial charge in [0, 0.05) is 12.6 Å². The van der Waals surface area contributed by atoms with Crippen molar-refractivity contribution >= 4 is 0 Å². The first-order valence-corrected chi connectivity index (χ1v) is 7.80. The Labute approximate surface area is 118 Å². The molecule has 0 spiro atoms. The second-order valence-corrected chi connectivity index (χ2v) is 7.96. The predicted molar refractivity (Wildman–Crippen MR) is 80.2 cm³/mol. The standard InChI is InChI=1S/C16H32N2O/c1-12-7-8-18(13(2)9-12)16(11-17)10-14(3,4)19-15(16,5)6/h12-13H,7-11,17H2,1-6H3. The molecular formula is C16H32N2O. The Kier molecular flexibility index (Phi) is 3.79. The molecule has 0 aromatic rings. The van der Waals surface area contributed by atoms with E-state index in [2.05, 4.69) is 46.4 Å². The zero-order valence-electron chi connectivity index (χ0n) is 13.6. The molecule has 0 radical (unpaired) electrons. The van der Waals surface area contributed by atoms with Crippen LogP contribution in [0, 0.1) is 5.92 Å². The van der Waals surface area contributed by atoms with Crippen LogP contribution in [0.15, 0.2) is 0 Å². The molecule has 2 aliphatic rings. The third-order valence-corrected chi connectivity index (χ3v) is 5.40. The normalized spacial score (nSPS) is 42.5. The molecule has 0 bridgehead atoms. The fourth-order valence-electron chi connectivity index (χ4n) is 4.66. The molecule has 2 heterocycles. The number of likely N-dealkylation sites (tertiary alicyclic amines) is 1. The highest BCUT2D eigenvalue weighted by atomic mass is 16.5. The van der Waals surface area contributed by atoms with E-state index in [9.17, 15) is 0 Å². The summed E-state index contributed by atoms with van der Waals surface area (Å²) in [4.78, 5) is 2.65. The van der Waals surface area contributed by atoms with Crippen molar-refractivity contribution < 1.29 is 4.74 Å². The van der Waals surface area contributed by atoms with Crippen LogP contribution in [0.1, 0.15) is 60.8 Å². The van der Waals surface area contributed by atoms with E-state index in [1.165, 1.54) is 12.8 Å². The SMILES string of the molecule is CC1CCN(C2(CN)CC(C)(C)OC2(C)C)C(C)C1. The first-order valence-electron chi connectivity index (χ1n) is 7.80. The van der Waals surface area contributed by atoms with Gasteiger partial charge < -0.3 is 10.5 Å². The van der Waals surface area contributed by atoms with Gasteiger partial charge in [0.2, 0.25) is 0 Å². The molecule has 3 heteroatoms. The molecule has 0 saturated carbocycles. The van der Waals surface area contributed by atoms with Crippen LogP contribution in [0.4, 0.5) is 0 Å². The Morgan fingerprint density at radius 3 is 2.26 bits per heavy atom. The molecule has 0 aromatic carbocycles. The predicted octanol–water partition coefficient (Wildman–Crippen LogP) is 2.78. The lowest BCUT2D eigenvalue weighted by molar-refractivity contribution is -0.116. The molecule has 3 nitrogen and oxygen atoms in total. The summed E-state index contributed by atoms with van der Waals surface area (Å²) in [6, 6.07) is 0.601. The Hall–Kier alpha value is -0.120. The fourth-order valence-corrected chi connectivity index (χ4v) is 4.66. The van der Waals surface area contributed by atoms with Crippen LogP contribution in [0.25, 0.3) is 0 Å². The van der Waals surface area contributed by atoms with E-state index in [0.717, 1.165) is 18.9 Å². The van der Waals surface area contributed by atoms with E-state index in [-0.39, 0.29) is 16.7 Å². The van der Waals surface area contributed by atoms with Gasteiger partial charge in [-0.15, -0.1) is 0 Å². The molecule has 2 N–H and O–H groups in total. The zero-order valence-corrected chi connectivity index (χ0v) is 13.6. The van der Waals surface area contributed by atoms with Gasteiger partial charge >= 0.3 is 0 Å². The van der Waals surface area contributed by atoms with E-state index in [4.69, 9.17) is 10.5 Å². The van der Waals surface area contributed by atoms with Gasteiger partial charge in [0.15, 0.2) is 0 Å². The van der Waals surface area contributed by atoms with Gasteiger partial charge in [-0.1, -0.05) is 6.92 Å². The van der Waals surface area contributed by atoms with Crippen molar-refractivity contribution in [3.05, 3.63) is 0 Å². The first-order chi connectivity index (χ1) is 8.63. The van der Waals surface area contributed by atoms with Crippen LogP contribution >= 0.6 is 0 Å². The molecule has 0 aromatic heterocycles. The molecule has 2 rings (SSSR count). The summed E-state index contributed by atoms with van der Waals surface area (Å²) in [6.45, 7) is 15.4. The third kappa shape index (κ3) is 2.45. The molecule has 3 atom stereocenters. The first kappa shape index (κ1) is 15.3. The topological polar surface area (TPSA) is 38.5 Å². The molecule has 2 fully saturated rings. The number of nitrogens with zero attached hydrogens (tertiary/aromatic N) is 1. The Balaban J connectivity index is 2.32. The summed E-state index contributed by atoms with van der Waals surface area (Å²) in [5.74, 6) is 0.833. The number of rotatable bonds is 2. The fraction of sp³-hybridized carbons (Fsp3) is 1.00. The van der Waals surface area contributed by atoms with Gasteiger partial charge in [0.25, 0.3) is 0 Å². The molecule has 0 amide bonds. The quantitative estimate of drug-likeness (QED) is 0.837. The highest BCUT2D eigenvalue weighted by molar-refractivity contribution is 5.14. The molecule has 2 aliphatic heterocycles. The van der Waals surface area contributed by atoms with Gasteiger partial charge in [-0.05, 0) is 66.3 Å². The van der Waals surface area contributed by atoms with Crippen LogP contribution in [-0.2, 0) is 4.74 Å². The number of hydrogen-bond acceptors (Lipinski definition) is 3. The number of hydrogen-bond donors (Lipinski definition) is 1. The van der Waals surface area contributed by atoms with Crippen LogP contribution in [0.5, 0.6) is 0 Å². The smallest absolute Gasteiger partial charge is 0.0830 e. The Bertz CT molecular complexity index is 340. The monoisotopic (exact) mass is 268 g/mol. The maximum atomic E-state index is 6.35. The third-order valence-electron chi connectivity index (χ3n) is 5.40.